The van der Waals surface area contributed by atoms with Crippen LogP contribution < -0.4 is 16.0 Å². The molecular formula is C13H13N5O3. The van der Waals surface area contributed by atoms with Crippen molar-refractivity contribution < 1.29 is 14.1 Å². The first kappa shape index (κ1) is 13.3. The van der Waals surface area contributed by atoms with Crippen molar-refractivity contribution in [3.63, 3.8) is 0 Å². The number of amides is 2. The molecule has 8 heteroatoms. The van der Waals surface area contributed by atoms with E-state index in [1.807, 2.05) is 0 Å². The molecule has 0 bridgehead atoms. The minimum Gasteiger partial charge on any atom is -0.345 e. The summed E-state index contributed by atoms with van der Waals surface area (Å²) in [5.41, 5.74) is 6.73. The highest BCUT2D eigenvalue weighted by atomic mass is 16.5. The fourth-order valence-electron chi connectivity index (χ4n) is 2.06. The lowest BCUT2D eigenvalue weighted by Crippen LogP contribution is -2.51. The van der Waals surface area contributed by atoms with Crippen LogP contribution in [-0.4, -0.2) is 35.0 Å². The Hall–Kier alpha value is -2.74. The molecule has 1 saturated heterocycles. The molecule has 2 aromatic rings. The summed E-state index contributed by atoms with van der Waals surface area (Å²) in [5.74, 6) is 0.377. The Morgan fingerprint density at radius 2 is 2.24 bits per heavy atom. The van der Waals surface area contributed by atoms with Crippen LogP contribution in [0.4, 0.5) is 5.69 Å². The third-order valence-corrected chi connectivity index (χ3v) is 3.10. The van der Waals surface area contributed by atoms with E-state index in [9.17, 15) is 9.59 Å². The number of nitrogens with zero attached hydrogens (tertiary/aromatic N) is 3. The average Bonchev–Trinajstić information content (AvgIpc) is 2.99. The first-order valence-corrected chi connectivity index (χ1v) is 6.37. The van der Waals surface area contributed by atoms with Crippen molar-refractivity contribution in [2.45, 2.75) is 6.54 Å². The van der Waals surface area contributed by atoms with E-state index in [0.29, 0.717) is 23.0 Å². The lowest BCUT2D eigenvalue weighted by molar-refractivity contribution is -0.128. The number of piperazine rings is 1. The second kappa shape index (κ2) is 5.33. The molecule has 3 rings (SSSR count). The molecule has 0 unspecified atom stereocenters. The molecule has 8 nitrogen and oxygen atoms in total. The molecule has 21 heavy (non-hydrogen) atoms. The molecule has 108 valence electrons. The van der Waals surface area contributed by atoms with Gasteiger partial charge in [0.25, 0.3) is 0 Å². The maximum absolute atomic E-state index is 11.9. The smallest absolute Gasteiger partial charge is 0.246 e. The van der Waals surface area contributed by atoms with Crippen LogP contribution in [0.2, 0.25) is 0 Å². The average molecular weight is 287 g/mol. The van der Waals surface area contributed by atoms with E-state index in [2.05, 4.69) is 15.5 Å². The van der Waals surface area contributed by atoms with E-state index in [0.717, 1.165) is 0 Å². The number of nitrogens with one attached hydrogen (secondary N) is 1. The van der Waals surface area contributed by atoms with Crippen LogP contribution in [0.25, 0.3) is 11.4 Å². The first-order chi connectivity index (χ1) is 10.2. The van der Waals surface area contributed by atoms with Crippen LogP contribution in [0.5, 0.6) is 0 Å². The fraction of sp³-hybridized carbons (Fsp3) is 0.231. The van der Waals surface area contributed by atoms with Gasteiger partial charge in [0.15, 0.2) is 0 Å². The molecule has 1 aromatic carbocycles. The van der Waals surface area contributed by atoms with E-state index in [1.165, 1.54) is 4.90 Å². The minimum atomic E-state index is -0.190. The third-order valence-electron chi connectivity index (χ3n) is 3.10. The third kappa shape index (κ3) is 2.61. The highest BCUT2D eigenvalue weighted by Crippen LogP contribution is 2.23. The molecule has 2 heterocycles. The van der Waals surface area contributed by atoms with Gasteiger partial charge in [-0.05, 0) is 12.1 Å². The van der Waals surface area contributed by atoms with E-state index in [-0.39, 0.29) is 31.4 Å². The molecule has 1 aliphatic rings. The van der Waals surface area contributed by atoms with Gasteiger partial charge in [0.05, 0.1) is 13.1 Å². The van der Waals surface area contributed by atoms with E-state index >= 15 is 0 Å². The van der Waals surface area contributed by atoms with Crippen LogP contribution in [0.3, 0.4) is 0 Å². The van der Waals surface area contributed by atoms with Gasteiger partial charge in [0.2, 0.25) is 23.5 Å². The number of rotatable bonds is 3. The number of hydrogen-bond donors (Lipinski definition) is 2. The Kier molecular flexibility index (Phi) is 3.36. The van der Waals surface area contributed by atoms with Crippen molar-refractivity contribution in [2.24, 2.45) is 5.73 Å². The number of benzene rings is 1. The topological polar surface area (TPSA) is 114 Å². The number of anilines is 1. The molecule has 1 aliphatic heterocycles. The number of carbonyl (C=O) groups is 2. The molecule has 0 atom stereocenters. The zero-order chi connectivity index (χ0) is 14.8. The minimum absolute atomic E-state index is 0.00256. The highest BCUT2D eigenvalue weighted by Gasteiger charge is 2.24. The van der Waals surface area contributed by atoms with Gasteiger partial charge in [-0.2, -0.15) is 4.98 Å². The number of nitrogens with two attached hydrogens (primary N) is 1. The quantitative estimate of drug-likeness (QED) is 0.798. The molecule has 0 saturated carbocycles. The van der Waals surface area contributed by atoms with Crippen LogP contribution in [0, 0.1) is 0 Å². The molecule has 2 amide bonds. The lowest BCUT2D eigenvalue weighted by atomic mass is 10.1. The second-order valence-corrected chi connectivity index (χ2v) is 4.52. The summed E-state index contributed by atoms with van der Waals surface area (Å²) in [4.78, 5) is 28.9. The summed E-state index contributed by atoms with van der Waals surface area (Å²) in [6, 6.07) is 7.05. The van der Waals surface area contributed by atoms with Crippen LogP contribution in [0.15, 0.2) is 28.8 Å². The summed E-state index contributed by atoms with van der Waals surface area (Å²) in [6.45, 7) is 0.169. The van der Waals surface area contributed by atoms with Crippen molar-refractivity contribution >= 4 is 17.5 Å². The Bertz CT molecular complexity index is 697. The van der Waals surface area contributed by atoms with Gasteiger partial charge < -0.3 is 20.5 Å². The Balaban J connectivity index is 1.92. The zero-order valence-electron chi connectivity index (χ0n) is 11.1. The molecule has 0 aliphatic carbocycles. The monoisotopic (exact) mass is 287 g/mol. The van der Waals surface area contributed by atoms with Crippen molar-refractivity contribution in [1.82, 2.24) is 15.5 Å². The van der Waals surface area contributed by atoms with Crippen molar-refractivity contribution in [3.8, 4) is 11.4 Å². The maximum atomic E-state index is 11.9. The largest absolute Gasteiger partial charge is 0.345 e. The lowest BCUT2D eigenvalue weighted by Gasteiger charge is -2.26. The summed E-state index contributed by atoms with van der Waals surface area (Å²) in [7, 11) is 0. The van der Waals surface area contributed by atoms with Gasteiger partial charge in [-0.25, -0.2) is 0 Å². The number of aromatic nitrogens is 2. The first-order valence-electron chi connectivity index (χ1n) is 6.37. The number of carbonyl (C=O) groups excluding carboxylic acids is 2. The summed E-state index contributed by atoms with van der Waals surface area (Å²) < 4.78 is 4.96. The predicted octanol–water partition coefficient (Wildman–Crippen LogP) is -0.342. The molecule has 1 fully saturated rings. The van der Waals surface area contributed by atoms with E-state index in [1.54, 1.807) is 24.3 Å². The maximum Gasteiger partial charge on any atom is 0.246 e. The molecule has 3 N–H and O–H groups in total. The molecule has 0 radical (unpaired) electrons. The van der Waals surface area contributed by atoms with Crippen molar-refractivity contribution in [3.05, 3.63) is 30.2 Å². The molecule has 1 aromatic heterocycles. The predicted molar refractivity (Wildman–Crippen MR) is 73.0 cm³/mol. The van der Waals surface area contributed by atoms with Gasteiger partial charge in [-0.15, -0.1) is 0 Å². The summed E-state index contributed by atoms with van der Waals surface area (Å²) >= 11 is 0. The van der Waals surface area contributed by atoms with Crippen LogP contribution in [0.1, 0.15) is 5.89 Å². The molecule has 0 spiro atoms. The van der Waals surface area contributed by atoms with Crippen LogP contribution in [-0.2, 0) is 16.1 Å². The van der Waals surface area contributed by atoms with Gasteiger partial charge in [-0.1, -0.05) is 17.3 Å². The van der Waals surface area contributed by atoms with E-state index < -0.39 is 0 Å². The Labute approximate surface area is 119 Å². The normalized spacial score (nSPS) is 15.2. The van der Waals surface area contributed by atoms with Crippen molar-refractivity contribution in [1.29, 1.82) is 0 Å². The van der Waals surface area contributed by atoms with Gasteiger partial charge >= 0.3 is 0 Å². The fourth-order valence-corrected chi connectivity index (χ4v) is 2.06. The van der Waals surface area contributed by atoms with Gasteiger partial charge in [0.1, 0.15) is 6.54 Å². The molecular weight excluding hydrogens is 274 g/mol. The SMILES string of the molecule is NCc1nc(-c2cccc(N3CC(=O)NCC3=O)c2)no1. The second-order valence-electron chi connectivity index (χ2n) is 4.52. The standard InChI is InChI=1S/C13H13N5O3/c14-5-11-16-13(17-21-11)8-2-1-3-9(4-8)18-7-10(19)15-6-12(18)20/h1-4H,5-7,14H2,(H,15,19). The van der Waals surface area contributed by atoms with Crippen molar-refractivity contribution in [2.75, 3.05) is 18.0 Å². The zero-order valence-corrected chi connectivity index (χ0v) is 11.1. The van der Waals surface area contributed by atoms with E-state index in [4.69, 9.17) is 10.3 Å². The summed E-state index contributed by atoms with van der Waals surface area (Å²) in [5, 5.41) is 6.33. The number of hydrogen-bond acceptors (Lipinski definition) is 6. The Morgan fingerprint density at radius 1 is 1.38 bits per heavy atom. The highest BCUT2D eigenvalue weighted by molar-refractivity contribution is 6.04. The van der Waals surface area contributed by atoms with Gasteiger partial charge in [-0.3, -0.25) is 9.59 Å². The Morgan fingerprint density at radius 3 is 3.00 bits per heavy atom. The summed E-state index contributed by atoms with van der Waals surface area (Å²) in [6.07, 6.45) is 0. The van der Waals surface area contributed by atoms with Crippen LogP contribution >= 0.6 is 0 Å². The van der Waals surface area contributed by atoms with Gasteiger partial charge in [0, 0.05) is 11.3 Å².